The van der Waals surface area contributed by atoms with Gasteiger partial charge in [-0.2, -0.15) is 17.5 Å². The topological polar surface area (TPSA) is 98.8 Å². The van der Waals surface area contributed by atoms with Crippen LogP contribution in [0.5, 0.6) is 0 Å². The van der Waals surface area contributed by atoms with Crippen LogP contribution < -0.4 is 10.6 Å². The molecule has 38 heavy (non-hydrogen) atoms. The molecule has 1 aliphatic heterocycles. The molecule has 4 rings (SSSR count). The number of carbonyl (C=O) groups excluding carboxylic acids is 2. The molecule has 0 aromatic heterocycles. The lowest BCUT2D eigenvalue weighted by atomic mass is 10.1. The largest absolute Gasteiger partial charge is 0.417 e. The molecule has 1 aliphatic rings. The number of nitrogens with one attached hydrogen (secondary N) is 2. The summed E-state index contributed by atoms with van der Waals surface area (Å²) in [7, 11) is -4.38. The molecular weight excluding hydrogens is 521 g/mol. The van der Waals surface area contributed by atoms with E-state index in [1.807, 2.05) is 6.07 Å². The number of alkyl halides is 3. The van der Waals surface area contributed by atoms with Gasteiger partial charge < -0.3 is 10.6 Å². The molecular formula is C26H25F3N4O4S. The van der Waals surface area contributed by atoms with Crippen LogP contribution in [0.15, 0.2) is 83.8 Å². The van der Waals surface area contributed by atoms with Crippen molar-refractivity contribution in [1.82, 2.24) is 9.21 Å². The number of para-hydroxylation sites is 2. The average Bonchev–Trinajstić information content (AvgIpc) is 2.89. The van der Waals surface area contributed by atoms with Crippen molar-refractivity contribution in [2.45, 2.75) is 11.1 Å². The molecule has 1 fully saturated rings. The van der Waals surface area contributed by atoms with Crippen molar-refractivity contribution in [2.75, 3.05) is 43.4 Å². The third-order valence-corrected chi connectivity index (χ3v) is 7.94. The van der Waals surface area contributed by atoms with Crippen molar-refractivity contribution < 1.29 is 31.2 Å². The Bertz CT molecular complexity index is 1410. The van der Waals surface area contributed by atoms with Crippen LogP contribution in [0, 0.1) is 0 Å². The Balaban J connectivity index is 1.36. The highest BCUT2D eigenvalue weighted by molar-refractivity contribution is 7.89. The summed E-state index contributed by atoms with van der Waals surface area (Å²) in [6.07, 6.45) is -4.81. The Labute approximate surface area is 218 Å². The molecule has 0 spiro atoms. The van der Waals surface area contributed by atoms with Crippen LogP contribution >= 0.6 is 0 Å². The van der Waals surface area contributed by atoms with Gasteiger partial charge in [0, 0.05) is 31.9 Å². The van der Waals surface area contributed by atoms with E-state index in [2.05, 4.69) is 10.6 Å². The smallest absolute Gasteiger partial charge is 0.324 e. The number of carbonyl (C=O) groups is 2. The minimum Gasteiger partial charge on any atom is -0.324 e. The molecule has 0 saturated carbocycles. The minimum atomic E-state index is -4.81. The Kier molecular flexibility index (Phi) is 8.14. The lowest BCUT2D eigenvalue weighted by Gasteiger charge is -2.34. The first-order chi connectivity index (χ1) is 18.1. The van der Waals surface area contributed by atoms with Crippen molar-refractivity contribution in [3.8, 4) is 0 Å². The maximum Gasteiger partial charge on any atom is 0.417 e. The van der Waals surface area contributed by atoms with Crippen LogP contribution in [0.25, 0.3) is 0 Å². The molecule has 0 bridgehead atoms. The van der Waals surface area contributed by atoms with E-state index in [4.69, 9.17) is 0 Å². The lowest BCUT2D eigenvalue weighted by Crippen LogP contribution is -2.50. The van der Waals surface area contributed by atoms with E-state index in [1.54, 1.807) is 53.4 Å². The van der Waals surface area contributed by atoms with Gasteiger partial charge in [-0.05, 0) is 36.4 Å². The van der Waals surface area contributed by atoms with Gasteiger partial charge in [-0.3, -0.25) is 14.5 Å². The van der Waals surface area contributed by atoms with E-state index < -0.39 is 38.5 Å². The molecule has 0 unspecified atom stereocenters. The molecule has 3 aromatic carbocycles. The van der Waals surface area contributed by atoms with E-state index in [0.717, 1.165) is 22.5 Å². The molecule has 1 saturated heterocycles. The van der Waals surface area contributed by atoms with E-state index in [1.165, 1.54) is 6.07 Å². The quantitative estimate of drug-likeness (QED) is 0.469. The molecule has 200 valence electrons. The first-order valence-electron chi connectivity index (χ1n) is 11.7. The zero-order valence-corrected chi connectivity index (χ0v) is 20.9. The van der Waals surface area contributed by atoms with Gasteiger partial charge in [-0.15, -0.1) is 0 Å². The van der Waals surface area contributed by atoms with Gasteiger partial charge in [0.25, 0.3) is 5.91 Å². The van der Waals surface area contributed by atoms with Gasteiger partial charge in [-0.25, -0.2) is 8.42 Å². The van der Waals surface area contributed by atoms with E-state index in [0.29, 0.717) is 11.4 Å². The summed E-state index contributed by atoms with van der Waals surface area (Å²) in [4.78, 5) is 26.4. The minimum absolute atomic E-state index is 0.0716. The third kappa shape index (κ3) is 6.39. The standard InChI is InChI=1S/C26H25F3N4O4S/c27-26(28,29)21-11-5-7-13-23(21)38(36,37)33-16-14-32(15-17-33)18-24(34)31-22-12-6-4-10-20(22)25(35)30-19-8-2-1-3-9-19/h1-13H,14-18H2,(H,30,35)(H,31,34). The number of hydrogen-bond donors (Lipinski definition) is 2. The van der Waals surface area contributed by atoms with Gasteiger partial charge in [0.05, 0.1) is 28.3 Å². The number of halogens is 3. The summed E-state index contributed by atoms with van der Waals surface area (Å²) in [6.45, 7) is 0.0748. The molecule has 12 heteroatoms. The first-order valence-corrected chi connectivity index (χ1v) is 13.1. The molecule has 3 aromatic rings. The maximum atomic E-state index is 13.4. The number of nitrogens with zero attached hydrogens (tertiary/aromatic N) is 2. The Hall–Kier alpha value is -3.74. The highest BCUT2D eigenvalue weighted by Gasteiger charge is 2.39. The molecule has 8 nitrogen and oxygen atoms in total. The zero-order valence-electron chi connectivity index (χ0n) is 20.1. The Morgan fingerprint density at radius 3 is 2.08 bits per heavy atom. The highest BCUT2D eigenvalue weighted by atomic mass is 32.2. The fourth-order valence-corrected chi connectivity index (χ4v) is 5.73. The second-order valence-corrected chi connectivity index (χ2v) is 10.5. The summed E-state index contributed by atoms with van der Waals surface area (Å²) in [5, 5.41) is 5.48. The van der Waals surface area contributed by atoms with Crippen LogP contribution in [0.4, 0.5) is 24.5 Å². The number of anilines is 2. The summed E-state index contributed by atoms with van der Waals surface area (Å²) in [5.74, 6) is -0.811. The SMILES string of the molecule is O=C(CN1CCN(S(=O)(=O)c2ccccc2C(F)(F)F)CC1)Nc1ccccc1C(=O)Nc1ccccc1. The second-order valence-electron chi connectivity index (χ2n) is 8.59. The predicted molar refractivity (Wildman–Crippen MR) is 136 cm³/mol. The van der Waals surface area contributed by atoms with Crippen molar-refractivity contribution in [3.05, 3.63) is 90.0 Å². The van der Waals surface area contributed by atoms with Gasteiger partial charge in [0.15, 0.2) is 0 Å². The Morgan fingerprint density at radius 1 is 0.789 bits per heavy atom. The summed E-state index contributed by atoms with van der Waals surface area (Å²) < 4.78 is 67.0. The number of amides is 2. The summed E-state index contributed by atoms with van der Waals surface area (Å²) in [5.41, 5.74) is -0.0269. The van der Waals surface area contributed by atoms with Crippen LogP contribution in [0.1, 0.15) is 15.9 Å². The van der Waals surface area contributed by atoms with E-state index in [-0.39, 0.29) is 38.3 Å². The van der Waals surface area contributed by atoms with Gasteiger partial charge >= 0.3 is 6.18 Å². The van der Waals surface area contributed by atoms with Gasteiger partial charge in [-0.1, -0.05) is 42.5 Å². The monoisotopic (exact) mass is 546 g/mol. The summed E-state index contributed by atoms with van der Waals surface area (Å²) >= 11 is 0. The van der Waals surface area contributed by atoms with Crippen LogP contribution in [0.3, 0.4) is 0 Å². The third-order valence-electron chi connectivity index (χ3n) is 5.99. The number of hydrogen-bond acceptors (Lipinski definition) is 5. The number of piperazine rings is 1. The number of sulfonamides is 1. The maximum absolute atomic E-state index is 13.4. The highest BCUT2D eigenvalue weighted by Crippen LogP contribution is 2.35. The first kappa shape index (κ1) is 27.3. The lowest BCUT2D eigenvalue weighted by molar-refractivity contribution is -0.140. The Morgan fingerprint density at radius 2 is 1.39 bits per heavy atom. The van der Waals surface area contributed by atoms with Gasteiger partial charge in [0.1, 0.15) is 0 Å². The van der Waals surface area contributed by atoms with E-state index >= 15 is 0 Å². The normalized spacial score (nSPS) is 15.1. The van der Waals surface area contributed by atoms with Crippen molar-refractivity contribution in [1.29, 1.82) is 0 Å². The van der Waals surface area contributed by atoms with Crippen molar-refractivity contribution >= 4 is 33.2 Å². The fraction of sp³-hybridized carbons (Fsp3) is 0.231. The fourth-order valence-electron chi connectivity index (χ4n) is 4.10. The van der Waals surface area contributed by atoms with Gasteiger partial charge in [0.2, 0.25) is 15.9 Å². The van der Waals surface area contributed by atoms with Crippen molar-refractivity contribution in [3.63, 3.8) is 0 Å². The van der Waals surface area contributed by atoms with Crippen LogP contribution in [-0.4, -0.2) is 62.2 Å². The second kappa shape index (κ2) is 11.3. The number of rotatable bonds is 7. The molecule has 1 heterocycles. The molecule has 0 aliphatic carbocycles. The molecule has 2 amide bonds. The molecule has 2 N–H and O–H groups in total. The van der Waals surface area contributed by atoms with Crippen LogP contribution in [-0.2, 0) is 21.0 Å². The molecule has 0 atom stereocenters. The predicted octanol–water partition coefficient (Wildman–Crippen LogP) is 3.90. The summed E-state index contributed by atoms with van der Waals surface area (Å²) in [6, 6.07) is 19.5. The van der Waals surface area contributed by atoms with Crippen molar-refractivity contribution in [2.24, 2.45) is 0 Å². The van der Waals surface area contributed by atoms with Crippen LogP contribution in [0.2, 0.25) is 0 Å². The molecule has 0 radical (unpaired) electrons. The zero-order chi connectivity index (χ0) is 27.3. The van der Waals surface area contributed by atoms with E-state index in [9.17, 15) is 31.2 Å². The average molecular weight is 547 g/mol. The number of benzene rings is 3.